The van der Waals surface area contributed by atoms with Gasteiger partial charge in [0.15, 0.2) is 0 Å². The van der Waals surface area contributed by atoms with Crippen molar-refractivity contribution in [2.45, 2.75) is 6.54 Å². The smallest absolute Gasteiger partial charge is 0.407 e. The topological polar surface area (TPSA) is 88.5 Å². The number of hydrogen-bond donors (Lipinski definition) is 2. The molecular weight excluding hydrogens is 232 g/mol. The van der Waals surface area contributed by atoms with E-state index in [1.165, 1.54) is 12.3 Å². The molecule has 0 radical (unpaired) electrons. The van der Waals surface area contributed by atoms with E-state index in [9.17, 15) is 9.59 Å². The third kappa shape index (κ3) is 3.70. The van der Waals surface area contributed by atoms with E-state index in [1.807, 2.05) is 0 Å². The van der Waals surface area contributed by atoms with Gasteiger partial charge in [-0.2, -0.15) is 0 Å². The number of ether oxygens (including phenoxy) is 1. The molecule has 1 rings (SSSR count). The SMILES string of the molecule is C=CCOC(=O)NCc1cnc(C(=O)O)s1. The van der Waals surface area contributed by atoms with Crippen LogP contribution in [0.15, 0.2) is 18.9 Å². The summed E-state index contributed by atoms with van der Waals surface area (Å²) in [7, 11) is 0. The van der Waals surface area contributed by atoms with E-state index in [4.69, 9.17) is 5.11 Å². The molecule has 0 aliphatic heterocycles. The Kier molecular flexibility index (Phi) is 4.46. The van der Waals surface area contributed by atoms with E-state index in [0.717, 1.165) is 11.3 Å². The molecule has 16 heavy (non-hydrogen) atoms. The van der Waals surface area contributed by atoms with Crippen LogP contribution in [0.25, 0.3) is 0 Å². The van der Waals surface area contributed by atoms with Crippen LogP contribution in [0.3, 0.4) is 0 Å². The minimum atomic E-state index is -1.08. The third-order valence-corrected chi connectivity index (χ3v) is 2.46. The van der Waals surface area contributed by atoms with Crippen LogP contribution in [0.4, 0.5) is 4.79 Å². The summed E-state index contributed by atoms with van der Waals surface area (Å²) in [5.74, 6) is -1.08. The predicted molar refractivity (Wildman–Crippen MR) is 57.5 cm³/mol. The van der Waals surface area contributed by atoms with Gasteiger partial charge in [-0.1, -0.05) is 12.7 Å². The molecule has 1 aromatic rings. The summed E-state index contributed by atoms with van der Waals surface area (Å²) in [6.07, 6.45) is 2.28. The van der Waals surface area contributed by atoms with Gasteiger partial charge in [0, 0.05) is 11.1 Å². The maximum Gasteiger partial charge on any atom is 0.407 e. The molecule has 7 heteroatoms. The predicted octanol–water partition coefficient (Wildman–Crippen LogP) is 1.25. The lowest BCUT2D eigenvalue weighted by atomic mass is 10.5. The monoisotopic (exact) mass is 242 g/mol. The second-order valence-electron chi connectivity index (χ2n) is 2.68. The summed E-state index contributed by atoms with van der Waals surface area (Å²) in [4.78, 5) is 25.8. The summed E-state index contributed by atoms with van der Waals surface area (Å²) in [5.41, 5.74) is 0. The van der Waals surface area contributed by atoms with Crippen molar-refractivity contribution in [3.05, 3.63) is 28.7 Å². The van der Waals surface area contributed by atoms with Crippen molar-refractivity contribution in [1.29, 1.82) is 0 Å². The normalized spacial score (nSPS) is 9.50. The van der Waals surface area contributed by atoms with Gasteiger partial charge in [-0.05, 0) is 0 Å². The molecule has 0 spiro atoms. The van der Waals surface area contributed by atoms with Gasteiger partial charge >= 0.3 is 12.1 Å². The van der Waals surface area contributed by atoms with E-state index in [0.29, 0.717) is 4.88 Å². The Morgan fingerprint density at radius 2 is 2.44 bits per heavy atom. The number of hydrogen-bond acceptors (Lipinski definition) is 5. The standard InChI is InChI=1S/C9H10N2O4S/c1-2-3-15-9(14)11-5-6-4-10-7(16-6)8(12)13/h2,4H,1,3,5H2,(H,11,14)(H,12,13). The zero-order valence-corrected chi connectivity index (χ0v) is 9.12. The highest BCUT2D eigenvalue weighted by Gasteiger charge is 2.09. The zero-order chi connectivity index (χ0) is 12.0. The summed E-state index contributed by atoms with van der Waals surface area (Å²) in [6, 6.07) is 0. The highest BCUT2D eigenvalue weighted by Crippen LogP contribution is 2.12. The number of carbonyl (C=O) groups excluding carboxylic acids is 1. The largest absolute Gasteiger partial charge is 0.476 e. The number of alkyl carbamates (subject to hydrolysis) is 1. The Labute approximate surface area is 95.6 Å². The molecule has 0 atom stereocenters. The fourth-order valence-electron chi connectivity index (χ4n) is 0.833. The lowest BCUT2D eigenvalue weighted by Gasteiger charge is -2.02. The van der Waals surface area contributed by atoms with E-state index < -0.39 is 12.1 Å². The van der Waals surface area contributed by atoms with E-state index in [1.54, 1.807) is 0 Å². The number of amides is 1. The minimum absolute atomic E-state index is 0.00346. The lowest BCUT2D eigenvalue weighted by molar-refractivity contribution is 0.0696. The van der Waals surface area contributed by atoms with Gasteiger partial charge in [0.2, 0.25) is 5.01 Å². The van der Waals surface area contributed by atoms with Crippen LogP contribution in [0, 0.1) is 0 Å². The van der Waals surface area contributed by atoms with Gasteiger partial charge in [0.05, 0.1) is 6.54 Å². The first-order valence-electron chi connectivity index (χ1n) is 4.33. The number of aromatic carboxylic acids is 1. The van der Waals surface area contributed by atoms with Crippen LogP contribution in [0.5, 0.6) is 0 Å². The second kappa shape index (κ2) is 5.86. The molecule has 1 heterocycles. The fraction of sp³-hybridized carbons (Fsp3) is 0.222. The van der Waals surface area contributed by atoms with Gasteiger partial charge in [-0.15, -0.1) is 11.3 Å². The first-order valence-corrected chi connectivity index (χ1v) is 5.14. The third-order valence-electron chi connectivity index (χ3n) is 1.48. The number of aromatic nitrogens is 1. The average Bonchev–Trinajstić information content (AvgIpc) is 2.72. The van der Waals surface area contributed by atoms with Crippen LogP contribution in [-0.2, 0) is 11.3 Å². The number of rotatable bonds is 5. The number of nitrogens with zero attached hydrogens (tertiary/aromatic N) is 1. The van der Waals surface area contributed by atoms with Crippen LogP contribution in [0.1, 0.15) is 14.7 Å². The quantitative estimate of drug-likeness (QED) is 0.759. The van der Waals surface area contributed by atoms with Crippen molar-refractivity contribution in [2.75, 3.05) is 6.61 Å². The Bertz CT molecular complexity index is 402. The van der Waals surface area contributed by atoms with Gasteiger partial charge in [0.25, 0.3) is 0 Å². The Balaban J connectivity index is 2.39. The maximum atomic E-state index is 11.0. The summed E-state index contributed by atoms with van der Waals surface area (Å²) in [6.45, 7) is 3.72. The first kappa shape index (κ1) is 12.2. The van der Waals surface area contributed by atoms with Crippen molar-refractivity contribution >= 4 is 23.4 Å². The molecular formula is C9H10N2O4S. The summed E-state index contributed by atoms with van der Waals surface area (Å²) >= 11 is 1.01. The van der Waals surface area contributed by atoms with Crippen LogP contribution >= 0.6 is 11.3 Å². The number of nitrogens with one attached hydrogen (secondary N) is 1. The summed E-state index contributed by atoms with van der Waals surface area (Å²) < 4.78 is 4.67. The molecule has 1 aromatic heterocycles. The first-order chi connectivity index (χ1) is 7.63. The van der Waals surface area contributed by atoms with Crippen LogP contribution in [0.2, 0.25) is 0 Å². The molecule has 86 valence electrons. The molecule has 0 aliphatic carbocycles. The van der Waals surface area contributed by atoms with E-state index >= 15 is 0 Å². The lowest BCUT2D eigenvalue weighted by Crippen LogP contribution is -2.23. The average molecular weight is 242 g/mol. The molecule has 6 nitrogen and oxygen atoms in total. The molecule has 0 aromatic carbocycles. The molecule has 0 aliphatic rings. The molecule has 0 saturated heterocycles. The zero-order valence-electron chi connectivity index (χ0n) is 8.30. The van der Waals surface area contributed by atoms with E-state index in [-0.39, 0.29) is 18.2 Å². The second-order valence-corrected chi connectivity index (χ2v) is 3.79. The Morgan fingerprint density at radius 3 is 3.00 bits per heavy atom. The molecule has 0 fully saturated rings. The molecule has 0 saturated carbocycles. The fourth-order valence-corrected chi connectivity index (χ4v) is 1.52. The highest BCUT2D eigenvalue weighted by molar-refractivity contribution is 7.13. The van der Waals surface area contributed by atoms with Gasteiger partial charge < -0.3 is 15.2 Å². The van der Waals surface area contributed by atoms with Gasteiger partial charge in [-0.25, -0.2) is 14.6 Å². The highest BCUT2D eigenvalue weighted by atomic mass is 32.1. The molecule has 0 unspecified atom stereocenters. The minimum Gasteiger partial charge on any atom is -0.476 e. The van der Waals surface area contributed by atoms with Crippen molar-refractivity contribution in [1.82, 2.24) is 10.3 Å². The maximum absolute atomic E-state index is 11.0. The Hall–Kier alpha value is -1.89. The number of carboxylic acids is 1. The van der Waals surface area contributed by atoms with Gasteiger partial charge in [0.1, 0.15) is 6.61 Å². The van der Waals surface area contributed by atoms with Crippen molar-refractivity contribution in [3.8, 4) is 0 Å². The van der Waals surface area contributed by atoms with Crippen molar-refractivity contribution < 1.29 is 19.4 Å². The molecule has 2 N–H and O–H groups in total. The molecule has 1 amide bonds. The Morgan fingerprint density at radius 1 is 1.69 bits per heavy atom. The van der Waals surface area contributed by atoms with Crippen molar-refractivity contribution in [2.24, 2.45) is 0 Å². The number of carbonyl (C=O) groups is 2. The van der Waals surface area contributed by atoms with Crippen molar-refractivity contribution in [3.63, 3.8) is 0 Å². The van der Waals surface area contributed by atoms with Crippen LogP contribution in [-0.4, -0.2) is 28.8 Å². The van der Waals surface area contributed by atoms with Crippen LogP contribution < -0.4 is 5.32 Å². The van der Waals surface area contributed by atoms with Gasteiger partial charge in [-0.3, -0.25) is 0 Å². The molecule has 0 bridgehead atoms. The number of carboxylic acid groups (broad SMARTS) is 1. The number of thiazole rings is 1. The summed E-state index contributed by atoms with van der Waals surface area (Å²) in [5, 5.41) is 11.1. The van der Waals surface area contributed by atoms with E-state index in [2.05, 4.69) is 21.6 Å².